The van der Waals surface area contributed by atoms with Crippen molar-refractivity contribution < 1.29 is 14.3 Å². The Labute approximate surface area is 114 Å². The van der Waals surface area contributed by atoms with E-state index < -0.39 is 5.97 Å². The second-order valence-electron chi connectivity index (χ2n) is 4.47. The number of carbonyl (C=O) groups excluding carboxylic acids is 1. The van der Waals surface area contributed by atoms with Crippen LogP contribution >= 0.6 is 0 Å². The average Bonchev–Trinajstić information content (AvgIpc) is 2.41. The minimum atomic E-state index is -0.394. The summed E-state index contributed by atoms with van der Waals surface area (Å²) in [6.45, 7) is 6.97. The number of benzene rings is 1. The van der Waals surface area contributed by atoms with Gasteiger partial charge in [-0.1, -0.05) is 26.7 Å². The fourth-order valence-electron chi connectivity index (χ4n) is 1.77. The maximum atomic E-state index is 11.8. The summed E-state index contributed by atoms with van der Waals surface area (Å²) in [5.41, 5.74) is 6.63. The molecule has 0 aliphatic heterocycles. The molecule has 0 atom stereocenters. The summed E-state index contributed by atoms with van der Waals surface area (Å²) >= 11 is 0. The van der Waals surface area contributed by atoms with Gasteiger partial charge in [-0.3, -0.25) is 0 Å². The number of hydrogen-bond acceptors (Lipinski definition) is 4. The normalized spacial score (nSPS) is 10.5. The number of carbonyl (C=O) groups is 1. The van der Waals surface area contributed by atoms with Crippen molar-refractivity contribution in [3.05, 3.63) is 23.8 Å². The summed E-state index contributed by atoms with van der Waals surface area (Å²) in [4.78, 5) is 11.8. The quantitative estimate of drug-likeness (QED) is 0.607. The van der Waals surface area contributed by atoms with E-state index in [2.05, 4.69) is 13.8 Å². The molecule has 0 aliphatic carbocycles. The molecular weight excluding hydrogens is 242 g/mol. The van der Waals surface area contributed by atoms with E-state index in [1.54, 1.807) is 25.1 Å². The molecule has 0 amide bonds. The van der Waals surface area contributed by atoms with Crippen LogP contribution in [0.5, 0.6) is 5.75 Å². The third kappa shape index (κ3) is 4.47. The predicted molar refractivity (Wildman–Crippen MR) is 76.4 cm³/mol. The maximum Gasteiger partial charge on any atom is 0.341 e. The Morgan fingerprint density at radius 3 is 2.53 bits per heavy atom. The minimum Gasteiger partial charge on any atom is -0.492 e. The molecule has 4 nitrogen and oxygen atoms in total. The van der Waals surface area contributed by atoms with Crippen molar-refractivity contribution in [2.75, 3.05) is 18.9 Å². The van der Waals surface area contributed by atoms with Gasteiger partial charge in [0, 0.05) is 5.69 Å². The van der Waals surface area contributed by atoms with Gasteiger partial charge in [-0.05, 0) is 31.0 Å². The highest BCUT2D eigenvalue weighted by molar-refractivity contribution is 5.93. The largest absolute Gasteiger partial charge is 0.492 e. The topological polar surface area (TPSA) is 61.5 Å². The summed E-state index contributed by atoms with van der Waals surface area (Å²) in [6.07, 6.45) is 2.11. The number of anilines is 1. The lowest BCUT2D eigenvalue weighted by molar-refractivity contribution is 0.0520. The number of nitrogen functional groups attached to an aromatic ring is 1. The molecule has 2 N–H and O–H groups in total. The zero-order valence-electron chi connectivity index (χ0n) is 11.9. The first-order valence-electron chi connectivity index (χ1n) is 6.81. The lowest BCUT2D eigenvalue weighted by Gasteiger charge is -2.16. The van der Waals surface area contributed by atoms with Crippen LogP contribution in [0.1, 0.15) is 44.0 Å². The van der Waals surface area contributed by atoms with Crippen molar-refractivity contribution in [2.45, 2.75) is 33.6 Å². The summed E-state index contributed by atoms with van der Waals surface area (Å²) in [6, 6.07) is 5.05. The van der Waals surface area contributed by atoms with Crippen LogP contribution in [0.2, 0.25) is 0 Å². The average molecular weight is 265 g/mol. The van der Waals surface area contributed by atoms with Crippen LogP contribution in [0, 0.1) is 5.92 Å². The summed E-state index contributed by atoms with van der Waals surface area (Å²) in [5, 5.41) is 0. The van der Waals surface area contributed by atoms with Crippen molar-refractivity contribution >= 4 is 11.7 Å². The Morgan fingerprint density at radius 2 is 1.95 bits per heavy atom. The van der Waals surface area contributed by atoms with Crippen molar-refractivity contribution in [1.82, 2.24) is 0 Å². The lowest BCUT2D eigenvalue weighted by atomic mass is 10.1. The minimum absolute atomic E-state index is 0.333. The molecule has 1 aromatic rings. The molecule has 0 saturated heterocycles. The highest BCUT2D eigenvalue weighted by Gasteiger charge is 2.15. The summed E-state index contributed by atoms with van der Waals surface area (Å²) in [7, 11) is 0. The molecular formula is C15H23NO3. The molecule has 0 saturated carbocycles. The molecule has 0 aliphatic rings. The van der Waals surface area contributed by atoms with Crippen molar-refractivity contribution in [3.63, 3.8) is 0 Å². The Kier molecular flexibility index (Phi) is 6.19. The van der Waals surface area contributed by atoms with Crippen LogP contribution in [0.4, 0.5) is 5.69 Å². The number of hydrogen-bond donors (Lipinski definition) is 1. The second kappa shape index (κ2) is 7.67. The van der Waals surface area contributed by atoms with Crippen LogP contribution in [0.15, 0.2) is 18.2 Å². The Balaban J connectivity index is 2.84. The predicted octanol–water partition coefficient (Wildman–Crippen LogP) is 3.26. The van der Waals surface area contributed by atoms with E-state index in [1.165, 1.54) is 0 Å². The lowest BCUT2D eigenvalue weighted by Crippen LogP contribution is -2.13. The Morgan fingerprint density at radius 1 is 1.26 bits per heavy atom. The molecule has 0 heterocycles. The fourth-order valence-corrected chi connectivity index (χ4v) is 1.77. The van der Waals surface area contributed by atoms with Gasteiger partial charge in [-0.25, -0.2) is 4.79 Å². The van der Waals surface area contributed by atoms with Gasteiger partial charge >= 0.3 is 5.97 Å². The van der Waals surface area contributed by atoms with Crippen LogP contribution in [0.3, 0.4) is 0 Å². The van der Waals surface area contributed by atoms with E-state index in [9.17, 15) is 4.79 Å². The van der Waals surface area contributed by atoms with Crippen molar-refractivity contribution in [2.24, 2.45) is 5.92 Å². The van der Waals surface area contributed by atoms with Gasteiger partial charge in [0.05, 0.1) is 13.2 Å². The van der Waals surface area contributed by atoms with Crippen LogP contribution in [0.25, 0.3) is 0 Å². The highest BCUT2D eigenvalue weighted by atomic mass is 16.5. The van der Waals surface area contributed by atoms with Crippen molar-refractivity contribution in [3.8, 4) is 5.75 Å². The smallest absolute Gasteiger partial charge is 0.341 e. The van der Waals surface area contributed by atoms with Gasteiger partial charge in [-0.2, -0.15) is 0 Å². The number of rotatable bonds is 7. The van der Waals surface area contributed by atoms with Gasteiger partial charge in [-0.15, -0.1) is 0 Å². The Hall–Kier alpha value is -1.71. The van der Waals surface area contributed by atoms with Gasteiger partial charge in [0.1, 0.15) is 11.3 Å². The molecule has 0 radical (unpaired) electrons. The molecule has 0 spiro atoms. The van der Waals surface area contributed by atoms with Crippen LogP contribution < -0.4 is 10.5 Å². The number of ether oxygens (including phenoxy) is 2. The SMILES string of the molecule is CCOC(=O)c1cc(N)ccc1OCC(CC)CC. The third-order valence-corrected chi connectivity index (χ3v) is 3.13. The molecule has 0 aromatic heterocycles. The van der Waals surface area contributed by atoms with E-state index in [4.69, 9.17) is 15.2 Å². The zero-order valence-corrected chi connectivity index (χ0v) is 11.9. The number of esters is 1. The highest BCUT2D eigenvalue weighted by Crippen LogP contribution is 2.23. The first-order valence-corrected chi connectivity index (χ1v) is 6.81. The Bertz CT molecular complexity index is 414. The van der Waals surface area contributed by atoms with Crippen molar-refractivity contribution in [1.29, 1.82) is 0 Å². The maximum absolute atomic E-state index is 11.8. The monoisotopic (exact) mass is 265 g/mol. The van der Waals surface area contributed by atoms with Crippen LogP contribution in [-0.4, -0.2) is 19.2 Å². The van der Waals surface area contributed by atoms with Gasteiger partial charge in [0.2, 0.25) is 0 Å². The van der Waals surface area contributed by atoms with Gasteiger partial charge in [0.25, 0.3) is 0 Å². The van der Waals surface area contributed by atoms with Gasteiger partial charge < -0.3 is 15.2 Å². The summed E-state index contributed by atoms with van der Waals surface area (Å²) in [5.74, 6) is 0.640. The van der Waals surface area contributed by atoms with Gasteiger partial charge in [0.15, 0.2) is 0 Å². The first-order chi connectivity index (χ1) is 9.12. The molecule has 0 bridgehead atoms. The van der Waals surface area contributed by atoms with Crippen LogP contribution in [-0.2, 0) is 4.74 Å². The summed E-state index contributed by atoms with van der Waals surface area (Å²) < 4.78 is 10.8. The van der Waals surface area contributed by atoms with E-state index in [1.807, 2.05) is 0 Å². The van der Waals surface area contributed by atoms with E-state index in [-0.39, 0.29) is 0 Å². The molecule has 0 unspecified atom stereocenters. The molecule has 4 heteroatoms. The van der Waals surface area contributed by atoms with E-state index in [0.717, 1.165) is 12.8 Å². The fraction of sp³-hybridized carbons (Fsp3) is 0.533. The molecule has 1 rings (SSSR count). The molecule has 19 heavy (non-hydrogen) atoms. The standard InChI is InChI=1S/C15H23NO3/c1-4-11(5-2)10-19-14-8-7-12(16)9-13(14)15(17)18-6-3/h7-9,11H,4-6,10,16H2,1-3H3. The zero-order chi connectivity index (χ0) is 14.3. The third-order valence-electron chi connectivity index (χ3n) is 3.13. The first kappa shape index (κ1) is 15.3. The van der Waals surface area contributed by atoms with E-state index in [0.29, 0.717) is 36.1 Å². The molecule has 1 aromatic carbocycles. The number of nitrogens with two attached hydrogens (primary N) is 1. The molecule has 0 fully saturated rings. The second-order valence-corrected chi connectivity index (χ2v) is 4.47. The molecule has 106 valence electrons. The van der Waals surface area contributed by atoms with E-state index >= 15 is 0 Å².